The second-order valence-corrected chi connectivity index (χ2v) is 11.6. The number of halogens is 6. The summed E-state index contributed by atoms with van der Waals surface area (Å²) in [6.45, 7) is 6.00. The molecule has 4 N–H and O–H groups in total. The largest absolute Gasteiger partial charge is 0.494 e. The lowest BCUT2D eigenvalue weighted by Crippen LogP contribution is -2.36. The van der Waals surface area contributed by atoms with Crippen molar-refractivity contribution in [2.24, 2.45) is 0 Å². The average molecular weight is 680 g/mol. The van der Waals surface area contributed by atoms with Crippen LogP contribution in [-0.4, -0.2) is 70.1 Å². The molecule has 0 amide bonds. The number of methoxy groups -OCH3 is 1. The van der Waals surface area contributed by atoms with Crippen molar-refractivity contribution in [3.8, 4) is 5.75 Å². The zero-order chi connectivity index (χ0) is 34.3. The first-order valence-electron chi connectivity index (χ1n) is 13.5. The minimum absolute atomic E-state index is 0.0132. The summed E-state index contributed by atoms with van der Waals surface area (Å²) < 4.78 is 112. The summed E-state index contributed by atoms with van der Waals surface area (Å²) in [4.78, 5) is 14.8. The minimum Gasteiger partial charge on any atom is -0.494 e. The van der Waals surface area contributed by atoms with Gasteiger partial charge in [0.25, 0.3) is 0 Å². The molecule has 1 fully saturated rings. The number of morpholine rings is 1. The van der Waals surface area contributed by atoms with Gasteiger partial charge < -0.3 is 30.1 Å². The number of alkyl halides is 6. The average Bonchev–Trinajstić information content (AvgIpc) is 2.97. The van der Waals surface area contributed by atoms with Crippen LogP contribution in [0.25, 0.3) is 0 Å². The molecule has 3 aromatic rings. The van der Waals surface area contributed by atoms with E-state index in [1.807, 2.05) is 12.1 Å². The monoisotopic (exact) mass is 679 g/mol. The topological polar surface area (TPSA) is 142 Å². The zero-order valence-corrected chi connectivity index (χ0v) is 25.5. The summed E-state index contributed by atoms with van der Waals surface area (Å²) in [5.74, 6) is -2.18. The molecule has 18 heteroatoms. The maximum absolute atomic E-state index is 13.9. The van der Waals surface area contributed by atoms with Crippen LogP contribution in [0, 0.1) is 0 Å². The molecule has 1 saturated heterocycles. The van der Waals surface area contributed by atoms with Gasteiger partial charge in [-0.2, -0.15) is 26.3 Å². The lowest BCUT2D eigenvalue weighted by atomic mass is 10.2. The van der Waals surface area contributed by atoms with Crippen molar-refractivity contribution in [1.82, 2.24) is 9.71 Å². The molecule has 46 heavy (non-hydrogen) atoms. The van der Waals surface area contributed by atoms with Crippen LogP contribution in [0.15, 0.2) is 59.6 Å². The number of benzene rings is 2. The van der Waals surface area contributed by atoms with Gasteiger partial charge in [0.1, 0.15) is 16.5 Å². The predicted molar refractivity (Wildman–Crippen MR) is 157 cm³/mol. The van der Waals surface area contributed by atoms with Crippen molar-refractivity contribution < 1.29 is 54.1 Å². The summed E-state index contributed by atoms with van der Waals surface area (Å²) >= 11 is 0. The fourth-order valence-electron chi connectivity index (χ4n) is 4.12. The van der Waals surface area contributed by atoms with E-state index in [1.165, 1.54) is 37.4 Å². The van der Waals surface area contributed by atoms with Crippen molar-refractivity contribution in [2.75, 3.05) is 48.9 Å². The van der Waals surface area contributed by atoms with E-state index in [2.05, 4.69) is 25.2 Å². The van der Waals surface area contributed by atoms with Gasteiger partial charge in [0.05, 0.1) is 42.9 Å². The first-order chi connectivity index (χ1) is 21.4. The molecule has 1 aromatic heterocycles. The van der Waals surface area contributed by atoms with E-state index in [0.717, 1.165) is 18.8 Å². The SMILES string of the molecule is COc1cc(N2CCOCC2)ccc1Nc1cc(Nc2ccccc2S(=O)(=O)NC(C)C)c(C(F)(F)F)cn1.O=C(O)C(F)(F)F. The van der Waals surface area contributed by atoms with Crippen LogP contribution in [0.1, 0.15) is 19.4 Å². The molecule has 0 spiro atoms. The number of aliphatic carboxylic acids is 1. The molecule has 0 bridgehead atoms. The highest BCUT2D eigenvalue weighted by molar-refractivity contribution is 7.89. The van der Waals surface area contributed by atoms with Crippen molar-refractivity contribution >= 4 is 44.6 Å². The van der Waals surface area contributed by atoms with Crippen LogP contribution in [0.5, 0.6) is 5.75 Å². The summed E-state index contributed by atoms with van der Waals surface area (Å²) in [6, 6.07) is 12.0. The van der Waals surface area contributed by atoms with Crippen LogP contribution < -0.4 is 25.0 Å². The number of carbonyl (C=O) groups is 1. The Kier molecular flexibility index (Phi) is 11.7. The van der Waals surface area contributed by atoms with E-state index < -0.39 is 40.0 Å². The molecule has 0 unspecified atom stereocenters. The molecule has 4 rings (SSSR count). The normalized spacial score (nSPS) is 13.9. The van der Waals surface area contributed by atoms with Crippen molar-refractivity contribution in [2.45, 2.75) is 37.1 Å². The molecule has 0 radical (unpaired) electrons. The van der Waals surface area contributed by atoms with Gasteiger partial charge in [-0.25, -0.2) is 22.9 Å². The second-order valence-electron chi connectivity index (χ2n) is 9.92. The highest BCUT2D eigenvalue weighted by Gasteiger charge is 2.38. The summed E-state index contributed by atoms with van der Waals surface area (Å²) in [5.41, 5.74) is -0.00312. The van der Waals surface area contributed by atoms with Gasteiger partial charge in [-0.15, -0.1) is 0 Å². The Balaban J connectivity index is 0.000000738. The van der Waals surface area contributed by atoms with Gasteiger partial charge in [-0.05, 0) is 38.1 Å². The second kappa shape index (κ2) is 14.9. The van der Waals surface area contributed by atoms with E-state index in [1.54, 1.807) is 19.9 Å². The summed E-state index contributed by atoms with van der Waals surface area (Å²) in [5, 5.41) is 12.8. The third-order valence-electron chi connectivity index (χ3n) is 6.11. The lowest BCUT2D eigenvalue weighted by Gasteiger charge is -2.29. The Morgan fingerprint density at radius 3 is 2.17 bits per heavy atom. The van der Waals surface area contributed by atoms with Crippen LogP contribution in [0.4, 0.5) is 54.9 Å². The van der Waals surface area contributed by atoms with Crippen molar-refractivity contribution in [1.29, 1.82) is 0 Å². The highest BCUT2D eigenvalue weighted by atomic mass is 32.2. The van der Waals surface area contributed by atoms with E-state index >= 15 is 0 Å². The first kappa shape index (κ1) is 36.2. The molecular weight excluding hydrogens is 648 g/mol. The Morgan fingerprint density at radius 2 is 1.61 bits per heavy atom. The van der Waals surface area contributed by atoms with E-state index in [9.17, 15) is 34.8 Å². The quantitative estimate of drug-likeness (QED) is 0.207. The third kappa shape index (κ3) is 9.85. The zero-order valence-electron chi connectivity index (χ0n) is 24.7. The standard InChI is InChI=1S/C26H30F3N5O4S.C2HF3O2/c1-17(2)33-39(35,36)24-7-5-4-6-21(24)31-22-15-25(30-16-19(22)26(27,28)29)32-20-9-8-18(14-23(20)37-3)34-10-12-38-13-11-34;3-2(4,5)1(6)7/h4-9,14-17,33H,10-13H2,1-3H3,(H2,30,31,32);(H,6,7). The molecule has 0 atom stereocenters. The maximum Gasteiger partial charge on any atom is 0.490 e. The summed E-state index contributed by atoms with van der Waals surface area (Å²) in [6.07, 6.45) is -9.13. The highest BCUT2D eigenvalue weighted by Crippen LogP contribution is 2.39. The number of anilines is 5. The van der Waals surface area contributed by atoms with Crippen molar-refractivity contribution in [3.05, 3.63) is 60.3 Å². The van der Waals surface area contributed by atoms with Crippen LogP contribution in [0.2, 0.25) is 0 Å². The van der Waals surface area contributed by atoms with E-state index in [0.29, 0.717) is 30.8 Å². The Bertz CT molecular complexity index is 1610. The number of nitrogens with one attached hydrogen (secondary N) is 3. The Labute approximate surface area is 260 Å². The van der Waals surface area contributed by atoms with Crippen LogP contribution in [-0.2, 0) is 25.7 Å². The Morgan fingerprint density at radius 1 is 0.978 bits per heavy atom. The number of aromatic nitrogens is 1. The molecule has 252 valence electrons. The van der Waals surface area contributed by atoms with Gasteiger partial charge in [-0.1, -0.05) is 12.1 Å². The molecular formula is C28H31F6N5O6S. The smallest absolute Gasteiger partial charge is 0.490 e. The number of ether oxygens (including phenoxy) is 2. The van der Waals surface area contributed by atoms with Gasteiger partial charge in [0.15, 0.2) is 0 Å². The molecule has 0 aliphatic carbocycles. The van der Waals surface area contributed by atoms with Crippen molar-refractivity contribution in [3.63, 3.8) is 0 Å². The van der Waals surface area contributed by atoms with E-state index in [4.69, 9.17) is 19.4 Å². The minimum atomic E-state index is -5.08. The number of rotatable bonds is 9. The van der Waals surface area contributed by atoms with Gasteiger partial charge in [0, 0.05) is 43.1 Å². The molecule has 0 saturated carbocycles. The Hall–Kier alpha value is -4.29. The molecule has 2 aromatic carbocycles. The van der Waals surface area contributed by atoms with Crippen LogP contribution in [0.3, 0.4) is 0 Å². The number of carboxylic acid groups (broad SMARTS) is 1. The third-order valence-corrected chi connectivity index (χ3v) is 7.83. The van der Waals surface area contributed by atoms with Gasteiger partial charge in [-0.3, -0.25) is 0 Å². The number of carboxylic acids is 1. The number of nitrogens with zero attached hydrogens (tertiary/aromatic N) is 2. The molecule has 11 nitrogen and oxygen atoms in total. The van der Waals surface area contributed by atoms with Crippen LogP contribution >= 0.6 is 0 Å². The predicted octanol–water partition coefficient (Wildman–Crippen LogP) is 5.75. The molecule has 1 aliphatic heterocycles. The number of pyridine rings is 1. The molecule has 2 heterocycles. The molecule has 1 aliphatic rings. The number of hydrogen-bond acceptors (Lipinski definition) is 9. The van der Waals surface area contributed by atoms with E-state index in [-0.39, 0.29) is 22.1 Å². The fraction of sp³-hybridized carbons (Fsp3) is 0.357. The lowest BCUT2D eigenvalue weighted by molar-refractivity contribution is -0.192. The number of sulfonamides is 1. The maximum atomic E-state index is 13.9. The number of para-hydroxylation sites is 1. The van der Waals surface area contributed by atoms with Gasteiger partial charge in [0.2, 0.25) is 10.0 Å². The number of hydrogen-bond donors (Lipinski definition) is 4. The first-order valence-corrected chi connectivity index (χ1v) is 14.9. The fourth-order valence-corrected chi connectivity index (χ4v) is 5.53. The van der Waals surface area contributed by atoms with Gasteiger partial charge >= 0.3 is 18.3 Å². The summed E-state index contributed by atoms with van der Waals surface area (Å²) in [7, 11) is -2.49.